The summed E-state index contributed by atoms with van der Waals surface area (Å²) in [5.74, 6) is 0.332. The Labute approximate surface area is 161 Å². The lowest BCUT2D eigenvalue weighted by Crippen LogP contribution is -2.39. The van der Waals surface area contributed by atoms with Gasteiger partial charge in [-0.25, -0.2) is 9.97 Å². The standard InChI is InChI=1S/C20H20BrN3O2/c1-14(2)24(11-15-6-4-3-5-7-15)19(25)12-26-20-17-10-16(21)8-9-18(17)22-13-23-20/h3-10,13-14H,11-12H2,1-2H3. The van der Waals surface area contributed by atoms with Gasteiger partial charge in [-0.1, -0.05) is 46.3 Å². The average Bonchev–Trinajstić information content (AvgIpc) is 2.64. The fourth-order valence-corrected chi connectivity index (χ4v) is 3.03. The van der Waals surface area contributed by atoms with E-state index in [0.717, 1.165) is 20.9 Å². The first-order chi connectivity index (χ1) is 12.5. The predicted octanol–water partition coefficient (Wildman–Crippen LogP) is 4.21. The van der Waals surface area contributed by atoms with Crippen LogP contribution < -0.4 is 4.74 Å². The summed E-state index contributed by atoms with van der Waals surface area (Å²) in [6.07, 6.45) is 1.44. The van der Waals surface area contributed by atoms with Crippen LogP contribution in [0, 0.1) is 0 Å². The molecule has 0 aliphatic heterocycles. The first-order valence-electron chi connectivity index (χ1n) is 8.41. The van der Waals surface area contributed by atoms with Crippen LogP contribution in [0.1, 0.15) is 19.4 Å². The van der Waals surface area contributed by atoms with Crippen molar-refractivity contribution in [2.45, 2.75) is 26.4 Å². The molecule has 2 aromatic carbocycles. The van der Waals surface area contributed by atoms with E-state index in [1.165, 1.54) is 6.33 Å². The van der Waals surface area contributed by atoms with Crippen molar-refractivity contribution >= 4 is 32.7 Å². The summed E-state index contributed by atoms with van der Waals surface area (Å²) in [6, 6.07) is 15.7. The van der Waals surface area contributed by atoms with Crippen molar-refractivity contribution in [2.75, 3.05) is 6.61 Å². The normalized spacial score (nSPS) is 10.9. The minimum atomic E-state index is -0.0781. The van der Waals surface area contributed by atoms with Crippen LogP contribution in [-0.4, -0.2) is 33.4 Å². The number of fused-ring (bicyclic) bond motifs is 1. The molecule has 5 nitrogen and oxygen atoms in total. The number of carbonyl (C=O) groups excluding carboxylic acids is 1. The maximum absolute atomic E-state index is 12.7. The molecule has 0 bridgehead atoms. The molecule has 0 unspecified atom stereocenters. The number of rotatable bonds is 6. The van der Waals surface area contributed by atoms with Crippen molar-refractivity contribution in [1.82, 2.24) is 14.9 Å². The van der Waals surface area contributed by atoms with Crippen molar-refractivity contribution in [3.05, 3.63) is 64.9 Å². The van der Waals surface area contributed by atoms with Crippen LogP contribution in [0.3, 0.4) is 0 Å². The van der Waals surface area contributed by atoms with E-state index in [-0.39, 0.29) is 18.6 Å². The van der Waals surface area contributed by atoms with E-state index in [2.05, 4.69) is 25.9 Å². The lowest BCUT2D eigenvalue weighted by molar-refractivity contribution is -0.135. The molecule has 0 saturated carbocycles. The van der Waals surface area contributed by atoms with Gasteiger partial charge in [-0.3, -0.25) is 4.79 Å². The fraction of sp³-hybridized carbons (Fsp3) is 0.250. The summed E-state index contributed by atoms with van der Waals surface area (Å²) in [5, 5.41) is 0.772. The predicted molar refractivity (Wildman–Crippen MR) is 105 cm³/mol. The van der Waals surface area contributed by atoms with E-state index in [0.29, 0.717) is 12.4 Å². The van der Waals surface area contributed by atoms with Gasteiger partial charge in [0.05, 0.1) is 10.9 Å². The number of benzene rings is 2. The number of carbonyl (C=O) groups is 1. The van der Waals surface area contributed by atoms with Crippen molar-refractivity contribution in [1.29, 1.82) is 0 Å². The summed E-state index contributed by atoms with van der Waals surface area (Å²) in [4.78, 5) is 22.9. The highest BCUT2D eigenvalue weighted by molar-refractivity contribution is 9.10. The molecular weight excluding hydrogens is 394 g/mol. The molecule has 0 atom stereocenters. The van der Waals surface area contributed by atoms with Gasteiger partial charge in [0.1, 0.15) is 6.33 Å². The van der Waals surface area contributed by atoms with Crippen molar-refractivity contribution < 1.29 is 9.53 Å². The Morgan fingerprint density at radius 2 is 1.92 bits per heavy atom. The van der Waals surface area contributed by atoms with E-state index in [9.17, 15) is 4.79 Å². The van der Waals surface area contributed by atoms with Crippen molar-refractivity contribution in [3.8, 4) is 5.88 Å². The maximum Gasteiger partial charge on any atom is 0.261 e. The van der Waals surface area contributed by atoms with Crippen molar-refractivity contribution in [3.63, 3.8) is 0 Å². The van der Waals surface area contributed by atoms with Crippen LogP contribution in [0.5, 0.6) is 5.88 Å². The average molecular weight is 414 g/mol. The molecule has 0 saturated heterocycles. The summed E-state index contributed by atoms with van der Waals surface area (Å²) < 4.78 is 6.65. The Balaban J connectivity index is 1.73. The molecule has 3 rings (SSSR count). The van der Waals surface area contributed by atoms with E-state index < -0.39 is 0 Å². The zero-order valence-electron chi connectivity index (χ0n) is 14.7. The van der Waals surface area contributed by atoms with Crippen LogP contribution in [-0.2, 0) is 11.3 Å². The lowest BCUT2D eigenvalue weighted by atomic mass is 10.2. The Morgan fingerprint density at radius 1 is 1.15 bits per heavy atom. The Morgan fingerprint density at radius 3 is 2.65 bits per heavy atom. The number of aromatic nitrogens is 2. The second kappa shape index (κ2) is 8.27. The number of amides is 1. The van der Waals surface area contributed by atoms with Gasteiger partial charge in [0.15, 0.2) is 6.61 Å². The SMILES string of the molecule is CC(C)N(Cc1ccccc1)C(=O)COc1ncnc2ccc(Br)cc12. The third-order valence-corrected chi connectivity index (χ3v) is 4.53. The van der Waals surface area contributed by atoms with Gasteiger partial charge in [-0.2, -0.15) is 0 Å². The summed E-state index contributed by atoms with van der Waals surface area (Å²) in [6.45, 7) is 4.48. The summed E-state index contributed by atoms with van der Waals surface area (Å²) in [5.41, 5.74) is 1.86. The van der Waals surface area contributed by atoms with Crippen LogP contribution in [0.25, 0.3) is 10.9 Å². The van der Waals surface area contributed by atoms with E-state index in [1.54, 1.807) is 4.90 Å². The molecule has 1 amide bonds. The van der Waals surface area contributed by atoms with Gasteiger partial charge >= 0.3 is 0 Å². The Hall–Kier alpha value is -2.47. The summed E-state index contributed by atoms with van der Waals surface area (Å²) in [7, 11) is 0. The third kappa shape index (κ3) is 4.38. The Bertz CT molecular complexity index is 900. The molecule has 26 heavy (non-hydrogen) atoms. The van der Waals surface area contributed by atoms with Gasteiger partial charge in [-0.15, -0.1) is 0 Å². The smallest absolute Gasteiger partial charge is 0.261 e. The molecule has 134 valence electrons. The summed E-state index contributed by atoms with van der Waals surface area (Å²) >= 11 is 3.44. The molecule has 0 spiro atoms. The molecule has 0 aliphatic carbocycles. The highest BCUT2D eigenvalue weighted by Crippen LogP contribution is 2.25. The van der Waals surface area contributed by atoms with Crippen molar-refractivity contribution in [2.24, 2.45) is 0 Å². The van der Waals surface area contributed by atoms with Gasteiger partial charge in [0.25, 0.3) is 5.91 Å². The van der Waals surface area contributed by atoms with Crippen LogP contribution in [0.2, 0.25) is 0 Å². The van der Waals surface area contributed by atoms with E-state index >= 15 is 0 Å². The van der Waals surface area contributed by atoms with Gasteiger partial charge in [-0.05, 0) is 37.6 Å². The largest absolute Gasteiger partial charge is 0.467 e. The number of halogens is 1. The lowest BCUT2D eigenvalue weighted by Gasteiger charge is -2.27. The molecule has 1 aromatic heterocycles. The maximum atomic E-state index is 12.7. The van der Waals surface area contributed by atoms with Crippen LogP contribution in [0.15, 0.2) is 59.3 Å². The first kappa shape index (κ1) is 18.3. The van der Waals surface area contributed by atoms with E-state index in [1.807, 2.05) is 62.4 Å². The minimum absolute atomic E-state index is 0.0658. The first-order valence-corrected chi connectivity index (χ1v) is 9.20. The number of hydrogen-bond acceptors (Lipinski definition) is 4. The fourth-order valence-electron chi connectivity index (χ4n) is 2.67. The second-order valence-corrected chi connectivity index (χ2v) is 7.15. The van der Waals surface area contributed by atoms with E-state index in [4.69, 9.17) is 4.74 Å². The monoisotopic (exact) mass is 413 g/mol. The highest BCUT2D eigenvalue weighted by atomic mass is 79.9. The zero-order chi connectivity index (χ0) is 18.5. The third-order valence-electron chi connectivity index (χ3n) is 4.03. The molecule has 0 fully saturated rings. The zero-order valence-corrected chi connectivity index (χ0v) is 16.3. The molecule has 6 heteroatoms. The molecule has 0 aliphatic rings. The second-order valence-electron chi connectivity index (χ2n) is 6.23. The topological polar surface area (TPSA) is 55.3 Å². The Kier molecular flexibility index (Phi) is 5.83. The number of hydrogen-bond donors (Lipinski definition) is 0. The van der Waals surface area contributed by atoms with Crippen LogP contribution in [0.4, 0.5) is 0 Å². The molecule has 0 N–H and O–H groups in total. The van der Waals surface area contributed by atoms with Gasteiger partial charge < -0.3 is 9.64 Å². The van der Waals surface area contributed by atoms with Crippen LogP contribution >= 0.6 is 15.9 Å². The van der Waals surface area contributed by atoms with Gasteiger partial charge in [0, 0.05) is 17.1 Å². The minimum Gasteiger partial charge on any atom is -0.467 e. The molecule has 1 heterocycles. The molecule has 3 aromatic rings. The molecular formula is C20H20BrN3O2. The quantitative estimate of drug-likeness (QED) is 0.607. The molecule has 0 radical (unpaired) electrons. The highest BCUT2D eigenvalue weighted by Gasteiger charge is 2.18. The number of nitrogens with zero attached hydrogens (tertiary/aromatic N) is 3. The van der Waals surface area contributed by atoms with Gasteiger partial charge in [0.2, 0.25) is 5.88 Å². The number of ether oxygens (including phenoxy) is 1.